The molecular weight excluding hydrogens is 336 g/mol. The molecule has 0 aromatic heterocycles. The molecule has 0 saturated carbocycles. The first-order valence-corrected chi connectivity index (χ1v) is 9.69. The first kappa shape index (κ1) is 17.5. The lowest BCUT2D eigenvalue weighted by Gasteiger charge is -2.20. The quantitative estimate of drug-likeness (QED) is 0.914. The standard InChI is InChI=1S/C19H22N2O3S/c1-12-7-13(2)9-17(8-12)20-25(23,24)18-5-6-19-16(11-18)10-14(3)21(19)15(4)22/h5-9,11,14,20H,10H2,1-4H3. The number of benzene rings is 2. The van der Waals surface area contributed by atoms with Crippen LogP contribution in [0.3, 0.4) is 0 Å². The predicted octanol–water partition coefficient (Wildman–Crippen LogP) is 3.40. The van der Waals surface area contributed by atoms with Crippen LogP contribution in [0.25, 0.3) is 0 Å². The first-order chi connectivity index (χ1) is 11.7. The highest BCUT2D eigenvalue weighted by molar-refractivity contribution is 7.92. The molecule has 0 radical (unpaired) electrons. The van der Waals surface area contributed by atoms with Crippen molar-refractivity contribution < 1.29 is 13.2 Å². The van der Waals surface area contributed by atoms with Crippen molar-refractivity contribution in [2.45, 2.75) is 45.1 Å². The van der Waals surface area contributed by atoms with Gasteiger partial charge in [0.2, 0.25) is 5.91 Å². The Balaban J connectivity index is 1.94. The maximum atomic E-state index is 12.7. The van der Waals surface area contributed by atoms with Crippen molar-refractivity contribution >= 4 is 27.3 Å². The van der Waals surface area contributed by atoms with Crippen LogP contribution in [0, 0.1) is 13.8 Å². The molecule has 132 valence electrons. The molecule has 25 heavy (non-hydrogen) atoms. The van der Waals surface area contributed by atoms with Crippen molar-refractivity contribution in [2.75, 3.05) is 9.62 Å². The summed E-state index contributed by atoms with van der Waals surface area (Å²) in [6, 6.07) is 10.6. The van der Waals surface area contributed by atoms with E-state index in [0.717, 1.165) is 22.4 Å². The maximum Gasteiger partial charge on any atom is 0.261 e. The van der Waals surface area contributed by atoms with E-state index in [9.17, 15) is 13.2 Å². The molecule has 0 aliphatic carbocycles. The molecule has 0 saturated heterocycles. The van der Waals surface area contributed by atoms with Crippen LogP contribution in [0.5, 0.6) is 0 Å². The van der Waals surface area contributed by atoms with E-state index in [4.69, 9.17) is 0 Å². The molecule has 3 rings (SSSR count). The molecule has 2 aromatic carbocycles. The summed E-state index contributed by atoms with van der Waals surface area (Å²) in [6.07, 6.45) is 0.655. The Labute approximate surface area is 148 Å². The molecule has 2 aromatic rings. The summed E-state index contributed by atoms with van der Waals surface area (Å²) < 4.78 is 28.1. The van der Waals surface area contributed by atoms with E-state index >= 15 is 0 Å². The van der Waals surface area contributed by atoms with Gasteiger partial charge in [-0.1, -0.05) is 6.07 Å². The van der Waals surface area contributed by atoms with Crippen LogP contribution in [0.15, 0.2) is 41.3 Å². The van der Waals surface area contributed by atoms with Gasteiger partial charge in [0.1, 0.15) is 0 Å². The number of carbonyl (C=O) groups excluding carboxylic acids is 1. The van der Waals surface area contributed by atoms with Crippen molar-refractivity contribution in [2.24, 2.45) is 0 Å². The van der Waals surface area contributed by atoms with E-state index < -0.39 is 10.0 Å². The van der Waals surface area contributed by atoms with Gasteiger partial charge in [-0.25, -0.2) is 8.42 Å². The lowest BCUT2D eigenvalue weighted by Crippen LogP contribution is -2.33. The smallest absolute Gasteiger partial charge is 0.261 e. The average Bonchev–Trinajstić information content (AvgIpc) is 2.80. The zero-order chi connectivity index (χ0) is 18.4. The second-order valence-electron chi connectivity index (χ2n) is 6.71. The fraction of sp³-hybridized carbons (Fsp3) is 0.316. The van der Waals surface area contributed by atoms with E-state index in [-0.39, 0.29) is 16.8 Å². The molecule has 5 nitrogen and oxygen atoms in total. The van der Waals surface area contributed by atoms with Gasteiger partial charge in [-0.3, -0.25) is 9.52 Å². The summed E-state index contributed by atoms with van der Waals surface area (Å²) in [5.74, 6) is -0.0322. The van der Waals surface area contributed by atoms with Crippen LogP contribution < -0.4 is 9.62 Å². The van der Waals surface area contributed by atoms with Crippen LogP contribution in [0.1, 0.15) is 30.5 Å². The molecule has 1 heterocycles. The number of carbonyl (C=O) groups is 1. The van der Waals surface area contributed by atoms with Crippen molar-refractivity contribution in [1.82, 2.24) is 0 Å². The van der Waals surface area contributed by atoms with E-state index in [1.165, 1.54) is 6.92 Å². The minimum Gasteiger partial charge on any atom is -0.309 e. The Hall–Kier alpha value is -2.34. The molecule has 1 unspecified atom stereocenters. The number of amides is 1. The number of hydrogen-bond acceptors (Lipinski definition) is 3. The van der Waals surface area contributed by atoms with Crippen LogP contribution in [0.2, 0.25) is 0 Å². The third-order valence-electron chi connectivity index (χ3n) is 4.39. The number of anilines is 2. The number of aryl methyl sites for hydroxylation is 2. The zero-order valence-corrected chi connectivity index (χ0v) is 15.6. The summed E-state index contributed by atoms with van der Waals surface area (Å²) in [5.41, 5.74) is 4.23. The van der Waals surface area contributed by atoms with E-state index in [1.54, 1.807) is 35.2 Å². The summed E-state index contributed by atoms with van der Waals surface area (Å²) in [5, 5.41) is 0. The van der Waals surface area contributed by atoms with Crippen molar-refractivity contribution in [3.05, 3.63) is 53.1 Å². The van der Waals surface area contributed by atoms with Crippen LogP contribution >= 0.6 is 0 Å². The molecule has 1 aliphatic heterocycles. The maximum absolute atomic E-state index is 12.7. The number of rotatable bonds is 3. The van der Waals surface area contributed by atoms with Crippen molar-refractivity contribution in [3.63, 3.8) is 0 Å². The van der Waals surface area contributed by atoms with Gasteiger partial charge in [0.15, 0.2) is 0 Å². The highest BCUT2D eigenvalue weighted by atomic mass is 32.2. The molecule has 1 amide bonds. The van der Waals surface area contributed by atoms with Crippen LogP contribution in [0.4, 0.5) is 11.4 Å². The third kappa shape index (κ3) is 3.39. The van der Waals surface area contributed by atoms with Gasteiger partial charge in [-0.15, -0.1) is 0 Å². The molecule has 6 heteroatoms. The van der Waals surface area contributed by atoms with Gasteiger partial charge in [0.25, 0.3) is 10.0 Å². The summed E-state index contributed by atoms with van der Waals surface area (Å²) in [6.45, 7) is 7.34. The number of fused-ring (bicyclic) bond motifs is 1. The van der Waals surface area contributed by atoms with Gasteiger partial charge in [-0.05, 0) is 74.2 Å². The lowest BCUT2D eigenvalue weighted by molar-refractivity contribution is -0.116. The van der Waals surface area contributed by atoms with Gasteiger partial charge < -0.3 is 4.90 Å². The second kappa shape index (κ2) is 6.19. The molecule has 1 atom stereocenters. The van der Waals surface area contributed by atoms with Crippen molar-refractivity contribution in [1.29, 1.82) is 0 Å². The van der Waals surface area contributed by atoms with Crippen molar-refractivity contribution in [3.8, 4) is 0 Å². The zero-order valence-electron chi connectivity index (χ0n) is 14.8. The van der Waals surface area contributed by atoms with Crippen LogP contribution in [-0.4, -0.2) is 20.4 Å². The Kier molecular flexibility index (Phi) is 4.33. The van der Waals surface area contributed by atoms with Gasteiger partial charge in [-0.2, -0.15) is 0 Å². The Bertz CT molecular complexity index is 931. The number of nitrogens with zero attached hydrogens (tertiary/aromatic N) is 1. The third-order valence-corrected chi connectivity index (χ3v) is 5.77. The highest BCUT2D eigenvalue weighted by Crippen LogP contribution is 2.34. The first-order valence-electron chi connectivity index (χ1n) is 8.21. The molecular formula is C19H22N2O3S. The Morgan fingerprint density at radius 2 is 1.76 bits per heavy atom. The number of nitrogens with one attached hydrogen (secondary N) is 1. The summed E-state index contributed by atoms with van der Waals surface area (Å²) in [4.78, 5) is 13.7. The number of sulfonamides is 1. The van der Waals surface area contributed by atoms with Crippen LogP contribution in [-0.2, 0) is 21.2 Å². The minimum absolute atomic E-state index is 0.0322. The van der Waals surface area contributed by atoms with E-state index in [2.05, 4.69) is 4.72 Å². The predicted molar refractivity (Wildman–Crippen MR) is 99.5 cm³/mol. The molecule has 1 N–H and O–H groups in total. The second-order valence-corrected chi connectivity index (χ2v) is 8.40. The Morgan fingerprint density at radius 1 is 1.12 bits per heavy atom. The van der Waals surface area contributed by atoms with E-state index in [0.29, 0.717) is 12.1 Å². The van der Waals surface area contributed by atoms with E-state index in [1.807, 2.05) is 26.8 Å². The van der Waals surface area contributed by atoms with Gasteiger partial charge >= 0.3 is 0 Å². The molecule has 0 fully saturated rings. The Morgan fingerprint density at radius 3 is 2.36 bits per heavy atom. The normalized spacial score (nSPS) is 16.6. The fourth-order valence-corrected chi connectivity index (χ4v) is 4.59. The molecule has 0 bridgehead atoms. The average molecular weight is 358 g/mol. The van der Waals surface area contributed by atoms with Gasteiger partial charge in [0.05, 0.1) is 4.90 Å². The minimum atomic E-state index is -3.68. The monoisotopic (exact) mass is 358 g/mol. The summed E-state index contributed by atoms with van der Waals surface area (Å²) in [7, 11) is -3.68. The highest BCUT2D eigenvalue weighted by Gasteiger charge is 2.30. The molecule has 1 aliphatic rings. The number of hydrogen-bond donors (Lipinski definition) is 1. The topological polar surface area (TPSA) is 66.5 Å². The fourth-order valence-electron chi connectivity index (χ4n) is 3.50. The lowest BCUT2D eigenvalue weighted by atomic mass is 10.1. The summed E-state index contributed by atoms with van der Waals surface area (Å²) >= 11 is 0. The largest absolute Gasteiger partial charge is 0.309 e. The van der Waals surface area contributed by atoms with Gasteiger partial charge in [0, 0.05) is 24.3 Å². The molecule has 0 spiro atoms. The SMILES string of the molecule is CC(=O)N1c2ccc(S(=O)(=O)Nc3cc(C)cc(C)c3)cc2CC1C.